The van der Waals surface area contributed by atoms with Crippen molar-refractivity contribution in [2.75, 3.05) is 0 Å². The van der Waals surface area contributed by atoms with Gasteiger partial charge in [0.05, 0.1) is 0 Å². The Bertz CT molecular complexity index is 132. The molecule has 0 aromatic rings. The second-order valence-electron chi connectivity index (χ2n) is 1.60. The molecule has 0 aromatic heterocycles. The van der Waals surface area contributed by atoms with Crippen LogP contribution in [0.1, 0.15) is 13.8 Å². The zero-order valence-electron chi connectivity index (χ0n) is 5.51. The summed E-state index contributed by atoms with van der Waals surface area (Å²) in [5.74, 6) is 0. The molecule has 0 unspecified atom stereocenters. The quantitative estimate of drug-likeness (QED) is 0.631. The Labute approximate surface area is 74.8 Å². The predicted octanol–water partition coefficient (Wildman–Crippen LogP) is 0.792. The van der Waals surface area contributed by atoms with E-state index in [-0.39, 0.29) is 27.1 Å². The third-order valence-electron chi connectivity index (χ3n) is 0. The molecule has 0 rings (SSSR count). The molecule has 0 aromatic carbocycles. The van der Waals surface area contributed by atoms with E-state index >= 15 is 0 Å². The topological polar surface area (TPSA) is 98.4 Å². The van der Waals surface area contributed by atoms with Crippen molar-refractivity contribution in [1.29, 1.82) is 0 Å². The first-order chi connectivity index (χ1) is 3.73. The maximum absolute atomic E-state index is 8.74. The Morgan fingerprint density at radius 2 is 1.30 bits per heavy atom. The average molecular weight is 351 g/mol. The summed E-state index contributed by atoms with van der Waals surface area (Å²) < 4.78 is 31.6. The number of nitrogens with one attached hydrogen (secondary N) is 1. The average Bonchev–Trinajstić information content (AvgIpc) is 1.19. The zero-order chi connectivity index (χ0) is 8.08. The molecule has 0 heterocycles. The molecule has 0 amide bonds. The molecule has 10 heavy (non-hydrogen) atoms. The molecule has 0 aliphatic carbocycles. The Morgan fingerprint density at radius 3 is 1.30 bits per heavy atom. The van der Waals surface area contributed by atoms with Crippen molar-refractivity contribution in [3.63, 3.8) is 0 Å². The van der Waals surface area contributed by atoms with Gasteiger partial charge in [-0.2, -0.15) is 8.42 Å². The summed E-state index contributed by atoms with van der Waals surface area (Å²) in [4.78, 5) is 0. The van der Waals surface area contributed by atoms with Crippen LogP contribution in [0.15, 0.2) is 0 Å². The summed E-state index contributed by atoms with van der Waals surface area (Å²) in [5.41, 5.74) is 6.58. The Kier molecular flexibility index (Phi) is 12.9. The molecular formula is C3H10NO4PtS-. The van der Waals surface area contributed by atoms with E-state index in [4.69, 9.17) is 23.3 Å². The molecule has 0 bridgehead atoms. The molecule has 0 radical (unpaired) electrons. The fraction of sp³-hybridized carbons (Fsp3) is 1.00. The standard InChI is InChI=1S/C3H8N.H2O4S.Pt/c1-3(2)4;1-5(2,3)4;/h3-4H,1-2H3;(H2,1,2,3,4);/q-1;;. The fourth-order valence-electron chi connectivity index (χ4n) is 0. The molecule has 0 saturated heterocycles. The number of rotatable bonds is 0. The summed E-state index contributed by atoms with van der Waals surface area (Å²) in [6.45, 7) is 3.67. The van der Waals surface area contributed by atoms with Crippen LogP contribution >= 0.6 is 0 Å². The van der Waals surface area contributed by atoms with Gasteiger partial charge in [0, 0.05) is 21.1 Å². The van der Waals surface area contributed by atoms with E-state index in [0.29, 0.717) is 0 Å². The molecule has 68 valence electrons. The first-order valence-electron chi connectivity index (χ1n) is 2.14. The van der Waals surface area contributed by atoms with Crippen LogP contribution in [0.4, 0.5) is 0 Å². The van der Waals surface area contributed by atoms with Crippen LogP contribution < -0.4 is 0 Å². The van der Waals surface area contributed by atoms with Gasteiger partial charge in [0.15, 0.2) is 0 Å². The third kappa shape index (κ3) is 1790. The van der Waals surface area contributed by atoms with Crippen molar-refractivity contribution in [1.82, 2.24) is 0 Å². The fourth-order valence-corrected chi connectivity index (χ4v) is 0. The first kappa shape index (κ1) is 16.9. The molecule has 5 nitrogen and oxygen atoms in total. The summed E-state index contributed by atoms with van der Waals surface area (Å²) >= 11 is 0. The van der Waals surface area contributed by atoms with Gasteiger partial charge in [-0.05, 0) is 0 Å². The van der Waals surface area contributed by atoms with Gasteiger partial charge in [0.1, 0.15) is 0 Å². The Hall–Kier alpha value is 0.518. The van der Waals surface area contributed by atoms with Crippen LogP contribution in [0.5, 0.6) is 0 Å². The van der Waals surface area contributed by atoms with Gasteiger partial charge in [-0.25, -0.2) is 0 Å². The van der Waals surface area contributed by atoms with Crippen molar-refractivity contribution in [2.24, 2.45) is 0 Å². The second kappa shape index (κ2) is 7.62. The van der Waals surface area contributed by atoms with E-state index in [9.17, 15) is 0 Å². The second-order valence-corrected chi connectivity index (χ2v) is 2.50. The monoisotopic (exact) mass is 351 g/mol. The van der Waals surface area contributed by atoms with Crippen LogP contribution in [-0.2, 0) is 31.5 Å². The smallest absolute Gasteiger partial charge is 0.394 e. The summed E-state index contributed by atoms with van der Waals surface area (Å²) in [5, 5.41) is 0. The molecule has 0 spiro atoms. The minimum Gasteiger partial charge on any atom is -0.675 e. The summed E-state index contributed by atoms with van der Waals surface area (Å²) in [6.07, 6.45) is 0. The molecule has 3 N–H and O–H groups in total. The van der Waals surface area contributed by atoms with E-state index in [0.717, 1.165) is 0 Å². The maximum atomic E-state index is 8.74. The minimum atomic E-state index is -4.67. The minimum absolute atomic E-state index is 0. The van der Waals surface area contributed by atoms with Crippen LogP contribution in [0.3, 0.4) is 0 Å². The number of hydrogen-bond acceptors (Lipinski definition) is 2. The van der Waals surface area contributed by atoms with Crippen molar-refractivity contribution in [3.8, 4) is 0 Å². The Balaban J connectivity index is -0.0000000910. The van der Waals surface area contributed by atoms with Gasteiger partial charge < -0.3 is 5.73 Å². The van der Waals surface area contributed by atoms with E-state index in [2.05, 4.69) is 0 Å². The largest absolute Gasteiger partial charge is 0.675 e. The van der Waals surface area contributed by atoms with Gasteiger partial charge in [0.2, 0.25) is 0 Å². The molecule has 0 saturated carbocycles. The van der Waals surface area contributed by atoms with Crippen molar-refractivity contribution < 1.29 is 38.6 Å². The van der Waals surface area contributed by atoms with Crippen LogP contribution in [0.25, 0.3) is 5.73 Å². The van der Waals surface area contributed by atoms with E-state index in [1.54, 1.807) is 0 Å². The maximum Gasteiger partial charge on any atom is 0.394 e. The van der Waals surface area contributed by atoms with Gasteiger partial charge in [-0.1, -0.05) is 13.8 Å². The SMILES string of the molecule is CC(C)[NH-].O=S(=O)(O)O.[Pt]. The molecule has 0 atom stereocenters. The van der Waals surface area contributed by atoms with Gasteiger partial charge >= 0.3 is 10.4 Å². The molecule has 0 aliphatic rings. The van der Waals surface area contributed by atoms with Crippen molar-refractivity contribution >= 4 is 10.4 Å². The van der Waals surface area contributed by atoms with Crippen LogP contribution in [0, 0.1) is 0 Å². The van der Waals surface area contributed by atoms with Gasteiger partial charge in [0.25, 0.3) is 0 Å². The van der Waals surface area contributed by atoms with Gasteiger partial charge in [-0.3, -0.25) is 9.11 Å². The normalized spacial score (nSPS) is 9.40. The molecular weight excluding hydrogens is 341 g/mol. The molecule has 0 aliphatic heterocycles. The van der Waals surface area contributed by atoms with Crippen LogP contribution in [0.2, 0.25) is 0 Å². The van der Waals surface area contributed by atoms with E-state index in [1.165, 1.54) is 0 Å². The first-order valence-corrected chi connectivity index (χ1v) is 3.54. The summed E-state index contributed by atoms with van der Waals surface area (Å²) in [6, 6.07) is 0.0833. The van der Waals surface area contributed by atoms with E-state index < -0.39 is 10.4 Å². The number of hydrogen-bond donors (Lipinski definition) is 2. The van der Waals surface area contributed by atoms with Crippen LogP contribution in [-0.4, -0.2) is 23.6 Å². The summed E-state index contributed by atoms with van der Waals surface area (Å²) in [7, 11) is -4.67. The van der Waals surface area contributed by atoms with Gasteiger partial charge in [-0.15, -0.1) is 6.04 Å². The molecule has 7 heteroatoms. The van der Waals surface area contributed by atoms with Crippen molar-refractivity contribution in [2.45, 2.75) is 19.9 Å². The molecule has 0 fully saturated rings. The zero-order valence-corrected chi connectivity index (χ0v) is 8.60. The Morgan fingerprint density at radius 1 is 1.30 bits per heavy atom. The predicted molar refractivity (Wildman–Crippen MR) is 33.6 cm³/mol. The van der Waals surface area contributed by atoms with Crippen molar-refractivity contribution in [3.05, 3.63) is 5.73 Å². The van der Waals surface area contributed by atoms with E-state index in [1.807, 2.05) is 13.8 Å². The third-order valence-corrected chi connectivity index (χ3v) is 0.